The molecule has 0 aliphatic rings. The van der Waals surface area contributed by atoms with Crippen molar-refractivity contribution < 1.29 is 23.9 Å². The smallest absolute Gasteiger partial charge is 0.243 e. The number of nitrogens with zero attached hydrogens (tertiary/aromatic N) is 1. The number of nitrogens with one attached hydrogen (secondary N) is 2. The zero-order valence-corrected chi connectivity index (χ0v) is 19.2. The average Bonchev–Trinajstić information content (AvgIpc) is 2.78. The molecule has 8 heteroatoms. The number of anilines is 1. The van der Waals surface area contributed by atoms with Crippen molar-refractivity contribution >= 4 is 23.4 Å². The molecule has 0 spiro atoms. The summed E-state index contributed by atoms with van der Waals surface area (Å²) in [5, 5.41) is 5.31. The van der Waals surface area contributed by atoms with E-state index >= 15 is 0 Å². The fourth-order valence-corrected chi connectivity index (χ4v) is 3.17. The molecule has 2 N–H and O–H groups in total. The van der Waals surface area contributed by atoms with E-state index in [0.29, 0.717) is 31.0 Å². The van der Waals surface area contributed by atoms with Gasteiger partial charge in [-0.3, -0.25) is 14.4 Å². The molecule has 0 unspecified atom stereocenters. The van der Waals surface area contributed by atoms with Gasteiger partial charge in [-0.25, -0.2) is 0 Å². The highest BCUT2D eigenvalue weighted by Gasteiger charge is 2.24. The number of carbonyl (C=O) groups is 3. The molecule has 1 aromatic rings. The Morgan fingerprint density at radius 2 is 1.74 bits per heavy atom. The summed E-state index contributed by atoms with van der Waals surface area (Å²) in [7, 11) is 3.18. The molecule has 0 saturated heterocycles. The van der Waals surface area contributed by atoms with E-state index in [4.69, 9.17) is 9.47 Å². The fraction of sp³-hybridized carbons (Fsp3) is 0.609. The van der Waals surface area contributed by atoms with Crippen molar-refractivity contribution in [2.24, 2.45) is 5.92 Å². The summed E-state index contributed by atoms with van der Waals surface area (Å²) in [6, 6.07) is 6.91. The van der Waals surface area contributed by atoms with Gasteiger partial charge in [-0.15, -0.1) is 0 Å². The predicted molar refractivity (Wildman–Crippen MR) is 121 cm³/mol. The van der Waals surface area contributed by atoms with E-state index in [-0.39, 0.29) is 36.7 Å². The molecule has 8 nitrogen and oxygen atoms in total. The second kappa shape index (κ2) is 15.2. The van der Waals surface area contributed by atoms with E-state index in [1.54, 1.807) is 43.4 Å². The number of hydrogen-bond donors (Lipinski definition) is 2. The first-order valence-electron chi connectivity index (χ1n) is 10.9. The first kappa shape index (κ1) is 26.4. The van der Waals surface area contributed by atoms with Gasteiger partial charge in [-0.2, -0.15) is 0 Å². The maximum absolute atomic E-state index is 13.0. The van der Waals surface area contributed by atoms with Gasteiger partial charge < -0.3 is 25.0 Å². The third-order valence-corrected chi connectivity index (χ3v) is 4.99. The number of amides is 3. The van der Waals surface area contributed by atoms with Crippen LogP contribution in [0, 0.1) is 5.92 Å². The largest absolute Gasteiger partial charge is 0.497 e. The molecule has 0 aliphatic carbocycles. The molecule has 3 amide bonds. The van der Waals surface area contributed by atoms with Gasteiger partial charge in [0.05, 0.1) is 20.2 Å². The second-order valence-corrected chi connectivity index (χ2v) is 7.41. The van der Waals surface area contributed by atoms with Gasteiger partial charge in [0, 0.05) is 31.9 Å². The van der Waals surface area contributed by atoms with Crippen LogP contribution in [0.2, 0.25) is 0 Å². The maximum atomic E-state index is 13.0. The van der Waals surface area contributed by atoms with Crippen LogP contribution < -0.4 is 15.4 Å². The molecule has 0 saturated carbocycles. The van der Waals surface area contributed by atoms with E-state index in [0.717, 1.165) is 25.7 Å². The van der Waals surface area contributed by atoms with Crippen molar-refractivity contribution in [1.82, 2.24) is 10.2 Å². The lowest BCUT2D eigenvalue weighted by atomic mass is 9.97. The van der Waals surface area contributed by atoms with Gasteiger partial charge in [0.25, 0.3) is 0 Å². The third-order valence-electron chi connectivity index (χ3n) is 4.99. The molecular weight excluding hydrogens is 398 g/mol. The van der Waals surface area contributed by atoms with Crippen molar-refractivity contribution in [2.75, 3.05) is 45.8 Å². The summed E-state index contributed by atoms with van der Waals surface area (Å²) in [6.45, 7) is 4.81. The standard InChI is InChI=1S/C23H37N3O5/c1-5-7-9-18(6-2)23(29)26(14-8-15-30-3)17-22(28)24-16-21(27)25-19-10-12-20(31-4)13-11-19/h10-13,18H,5-9,14-17H2,1-4H3,(H,24,28)(H,25,27)/t18-/m0/s1. The first-order valence-corrected chi connectivity index (χ1v) is 10.9. The summed E-state index contributed by atoms with van der Waals surface area (Å²) >= 11 is 0. The lowest BCUT2D eigenvalue weighted by Crippen LogP contribution is -2.45. The molecule has 0 fully saturated rings. The Balaban J connectivity index is 2.59. The van der Waals surface area contributed by atoms with Crippen molar-refractivity contribution in [3.63, 3.8) is 0 Å². The highest BCUT2D eigenvalue weighted by molar-refractivity contribution is 5.95. The summed E-state index contributed by atoms with van der Waals surface area (Å²) in [6.07, 6.45) is 4.22. The lowest BCUT2D eigenvalue weighted by molar-refractivity contribution is -0.140. The number of carbonyl (C=O) groups excluding carboxylic acids is 3. The topological polar surface area (TPSA) is 97.0 Å². The van der Waals surface area contributed by atoms with Crippen molar-refractivity contribution in [2.45, 2.75) is 46.0 Å². The quantitative estimate of drug-likeness (QED) is 0.413. The number of unbranched alkanes of at least 4 members (excludes halogenated alkanes) is 1. The Hall–Kier alpha value is -2.61. The number of methoxy groups -OCH3 is 2. The van der Waals surface area contributed by atoms with Crippen molar-refractivity contribution in [3.05, 3.63) is 24.3 Å². The second-order valence-electron chi connectivity index (χ2n) is 7.41. The number of benzene rings is 1. The molecule has 0 bridgehead atoms. The zero-order chi connectivity index (χ0) is 23.1. The van der Waals surface area contributed by atoms with E-state index in [9.17, 15) is 14.4 Å². The van der Waals surface area contributed by atoms with Gasteiger partial charge in [-0.1, -0.05) is 26.7 Å². The highest BCUT2D eigenvalue weighted by Crippen LogP contribution is 2.16. The van der Waals surface area contributed by atoms with Crippen LogP contribution in [-0.2, 0) is 19.1 Å². The van der Waals surface area contributed by atoms with Crippen LogP contribution in [0.1, 0.15) is 46.0 Å². The minimum absolute atomic E-state index is 0.00936. The van der Waals surface area contributed by atoms with Gasteiger partial charge in [-0.05, 0) is 43.5 Å². The Morgan fingerprint density at radius 3 is 2.32 bits per heavy atom. The number of hydrogen-bond acceptors (Lipinski definition) is 5. The Labute approximate surface area is 185 Å². The third kappa shape index (κ3) is 10.3. The van der Waals surface area contributed by atoms with Crippen molar-refractivity contribution in [1.29, 1.82) is 0 Å². The van der Waals surface area contributed by atoms with Crippen LogP contribution in [0.3, 0.4) is 0 Å². The van der Waals surface area contributed by atoms with Crippen LogP contribution in [0.15, 0.2) is 24.3 Å². The molecule has 31 heavy (non-hydrogen) atoms. The van der Waals surface area contributed by atoms with Crippen LogP contribution in [-0.4, -0.2) is 63.1 Å². The normalized spacial score (nSPS) is 11.5. The number of rotatable bonds is 15. The molecule has 1 rings (SSSR count). The van der Waals surface area contributed by atoms with Crippen LogP contribution in [0.25, 0.3) is 0 Å². The predicted octanol–water partition coefficient (Wildman–Crippen LogP) is 2.83. The summed E-state index contributed by atoms with van der Waals surface area (Å²) in [5.74, 6) is -0.112. The first-order chi connectivity index (χ1) is 14.9. The SMILES string of the molecule is CCCC[C@H](CC)C(=O)N(CCCOC)CC(=O)NCC(=O)Nc1ccc(OC)cc1. The molecule has 0 aliphatic heterocycles. The zero-order valence-electron chi connectivity index (χ0n) is 19.2. The molecule has 0 radical (unpaired) electrons. The Kier molecular flexibility index (Phi) is 13.0. The summed E-state index contributed by atoms with van der Waals surface area (Å²) < 4.78 is 10.2. The molecule has 0 aromatic heterocycles. The molecule has 1 aromatic carbocycles. The van der Waals surface area contributed by atoms with Gasteiger partial charge in [0.15, 0.2) is 0 Å². The maximum Gasteiger partial charge on any atom is 0.243 e. The fourth-order valence-electron chi connectivity index (χ4n) is 3.17. The Morgan fingerprint density at radius 1 is 1.03 bits per heavy atom. The summed E-state index contributed by atoms with van der Waals surface area (Å²) in [5.41, 5.74) is 0.609. The summed E-state index contributed by atoms with van der Waals surface area (Å²) in [4.78, 5) is 39.1. The van der Waals surface area contributed by atoms with Crippen LogP contribution in [0.5, 0.6) is 5.75 Å². The van der Waals surface area contributed by atoms with Crippen LogP contribution >= 0.6 is 0 Å². The molecule has 0 heterocycles. The van der Waals surface area contributed by atoms with Gasteiger partial charge in [0.1, 0.15) is 5.75 Å². The minimum atomic E-state index is -0.360. The lowest BCUT2D eigenvalue weighted by Gasteiger charge is -2.26. The van der Waals surface area contributed by atoms with Crippen LogP contribution in [0.4, 0.5) is 5.69 Å². The average molecular weight is 436 g/mol. The monoisotopic (exact) mass is 435 g/mol. The van der Waals surface area contributed by atoms with Gasteiger partial charge in [0.2, 0.25) is 17.7 Å². The highest BCUT2D eigenvalue weighted by atomic mass is 16.5. The molecule has 174 valence electrons. The van der Waals surface area contributed by atoms with E-state index < -0.39 is 0 Å². The van der Waals surface area contributed by atoms with Gasteiger partial charge >= 0.3 is 0 Å². The van der Waals surface area contributed by atoms with E-state index in [1.807, 2.05) is 6.92 Å². The minimum Gasteiger partial charge on any atom is -0.497 e. The van der Waals surface area contributed by atoms with Crippen molar-refractivity contribution in [3.8, 4) is 5.75 Å². The molecular formula is C23H37N3O5. The number of ether oxygens (including phenoxy) is 2. The Bertz CT molecular complexity index is 678. The van der Waals surface area contributed by atoms with E-state index in [2.05, 4.69) is 17.6 Å². The van der Waals surface area contributed by atoms with E-state index in [1.165, 1.54) is 0 Å². The molecule has 1 atom stereocenters.